The van der Waals surface area contributed by atoms with Crippen molar-refractivity contribution in [2.45, 2.75) is 57.6 Å². The van der Waals surface area contributed by atoms with Crippen molar-refractivity contribution in [2.75, 3.05) is 44.3 Å². The molecule has 2 aliphatic heterocycles. The van der Waals surface area contributed by atoms with Crippen LogP contribution in [0.25, 0.3) is 16.7 Å². The lowest BCUT2D eigenvalue weighted by Gasteiger charge is -2.41. The normalized spacial score (nSPS) is 20.3. The highest BCUT2D eigenvalue weighted by atomic mass is 19.3. The largest absolute Gasteiger partial charge is 0.435 e. The standard InChI is InChI=1S/C27H33F2N5O2/c1-18-16-23(33-10-8-20(9-11-33)32-12-14-35-15-13-32)24-25(19-4-2-5-19)31-34(26(24)30-18)21-6-3-7-22(17-21)36-27(28)29/h3,6-7,16-17,19-20,27H,2,4-5,8-15H2,1H3. The first kappa shape index (κ1) is 23.6. The molecule has 2 saturated heterocycles. The van der Waals surface area contributed by atoms with Crippen LogP contribution in [-0.4, -0.2) is 71.7 Å². The number of halogens is 2. The number of alkyl halides is 2. The van der Waals surface area contributed by atoms with Gasteiger partial charge in [0.05, 0.1) is 35.7 Å². The highest BCUT2D eigenvalue weighted by Crippen LogP contribution is 2.43. The molecule has 0 amide bonds. The molecule has 192 valence electrons. The van der Waals surface area contributed by atoms with E-state index in [-0.39, 0.29) is 5.75 Å². The molecule has 3 aromatic rings. The van der Waals surface area contributed by atoms with Gasteiger partial charge in [-0.25, -0.2) is 9.67 Å². The number of pyridine rings is 1. The van der Waals surface area contributed by atoms with Gasteiger partial charge < -0.3 is 14.4 Å². The Bertz CT molecular complexity index is 1210. The molecular weight excluding hydrogens is 464 g/mol. The number of hydrogen-bond donors (Lipinski definition) is 0. The lowest BCUT2D eigenvalue weighted by atomic mass is 9.82. The smallest absolute Gasteiger partial charge is 0.387 e. The molecule has 6 rings (SSSR count). The van der Waals surface area contributed by atoms with Gasteiger partial charge in [0.2, 0.25) is 0 Å². The van der Waals surface area contributed by atoms with Gasteiger partial charge >= 0.3 is 6.61 Å². The molecule has 0 atom stereocenters. The SMILES string of the molecule is Cc1cc(N2CCC(N3CCOCC3)CC2)c2c(C3CCC3)nn(-c3cccc(OC(F)F)c3)c2n1. The fourth-order valence-electron chi connectivity index (χ4n) is 5.85. The van der Waals surface area contributed by atoms with Gasteiger partial charge in [-0.3, -0.25) is 4.90 Å². The molecule has 0 bridgehead atoms. The number of hydrogen-bond acceptors (Lipinski definition) is 6. The number of rotatable bonds is 6. The molecule has 36 heavy (non-hydrogen) atoms. The van der Waals surface area contributed by atoms with Crippen molar-refractivity contribution in [3.8, 4) is 11.4 Å². The number of aromatic nitrogens is 3. The van der Waals surface area contributed by atoms with E-state index in [2.05, 4.69) is 20.6 Å². The maximum atomic E-state index is 12.9. The highest BCUT2D eigenvalue weighted by Gasteiger charge is 2.31. The van der Waals surface area contributed by atoms with Crippen LogP contribution < -0.4 is 9.64 Å². The van der Waals surface area contributed by atoms with Crippen molar-refractivity contribution in [1.29, 1.82) is 0 Å². The second kappa shape index (κ2) is 9.94. The van der Waals surface area contributed by atoms with Gasteiger partial charge in [0.15, 0.2) is 5.65 Å². The van der Waals surface area contributed by atoms with Gasteiger partial charge in [0, 0.05) is 49.9 Å². The molecule has 1 saturated carbocycles. The maximum Gasteiger partial charge on any atom is 0.387 e. The summed E-state index contributed by atoms with van der Waals surface area (Å²) < 4.78 is 37.7. The molecule has 0 radical (unpaired) electrons. The third-order valence-electron chi connectivity index (χ3n) is 7.92. The minimum atomic E-state index is -2.87. The Morgan fingerprint density at radius 1 is 1.03 bits per heavy atom. The zero-order valence-electron chi connectivity index (χ0n) is 20.7. The monoisotopic (exact) mass is 497 g/mol. The van der Waals surface area contributed by atoms with E-state index in [1.165, 1.54) is 18.2 Å². The Balaban J connectivity index is 1.37. The topological polar surface area (TPSA) is 55.7 Å². The molecule has 2 aromatic heterocycles. The Kier molecular flexibility index (Phi) is 6.52. The van der Waals surface area contributed by atoms with Crippen molar-refractivity contribution in [3.05, 3.63) is 41.7 Å². The van der Waals surface area contributed by atoms with Gasteiger partial charge in [-0.15, -0.1) is 0 Å². The van der Waals surface area contributed by atoms with Crippen LogP contribution in [-0.2, 0) is 4.74 Å². The number of piperidine rings is 1. The lowest BCUT2D eigenvalue weighted by Crippen LogP contribution is -2.49. The summed E-state index contributed by atoms with van der Waals surface area (Å²) in [5, 5.41) is 6.16. The van der Waals surface area contributed by atoms with Gasteiger partial charge in [-0.05, 0) is 50.8 Å². The quantitative estimate of drug-likeness (QED) is 0.483. The second-order valence-electron chi connectivity index (χ2n) is 10.1. The van der Waals surface area contributed by atoms with Crippen molar-refractivity contribution in [2.24, 2.45) is 0 Å². The number of ether oxygens (including phenoxy) is 2. The van der Waals surface area contributed by atoms with E-state index in [1.807, 2.05) is 17.7 Å². The van der Waals surface area contributed by atoms with Crippen molar-refractivity contribution in [3.63, 3.8) is 0 Å². The first-order chi connectivity index (χ1) is 17.6. The molecule has 0 spiro atoms. The third-order valence-corrected chi connectivity index (χ3v) is 7.92. The molecule has 7 nitrogen and oxygen atoms in total. The molecular formula is C27H33F2N5O2. The van der Waals surface area contributed by atoms with Crippen LogP contribution in [0.3, 0.4) is 0 Å². The Morgan fingerprint density at radius 2 is 1.81 bits per heavy atom. The molecule has 3 fully saturated rings. The first-order valence-electron chi connectivity index (χ1n) is 13.1. The van der Waals surface area contributed by atoms with Crippen molar-refractivity contribution < 1.29 is 18.3 Å². The Labute approximate surface area is 210 Å². The molecule has 0 N–H and O–H groups in total. The Hall–Kier alpha value is -2.78. The summed E-state index contributed by atoms with van der Waals surface area (Å²) in [6.45, 7) is 4.84. The number of benzene rings is 1. The summed E-state index contributed by atoms with van der Waals surface area (Å²) in [5.41, 5.74) is 4.67. The predicted molar refractivity (Wildman–Crippen MR) is 134 cm³/mol. The molecule has 1 aliphatic carbocycles. The zero-order valence-corrected chi connectivity index (χ0v) is 20.7. The van der Waals surface area contributed by atoms with Crippen LogP contribution in [0.4, 0.5) is 14.5 Å². The summed E-state index contributed by atoms with van der Waals surface area (Å²) in [5.74, 6) is 0.526. The van der Waals surface area contributed by atoms with Gasteiger partial charge in [0.1, 0.15) is 5.75 Å². The van der Waals surface area contributed by atoms with Crippen LogP contribution in [0, 0.1) is 6.92 Å². The lowest BCUT2D eigenvalue weighted by molar-refractivity contribution is -0.0498. The van der Waals surface area contributed by atoms with Crippen LogP contribution in [0.5, 0.6) is 5.75 Å². The maximum absolute atomic E-state index is 12.9. The van der Waals surface area contributed by atoms with E-state index in [9.17, 15) is 8.78 Å². The van der Waals surface area contributed by atoms with Gasteiger partial charge in [-0.2, -0.15) is 13.9 Å². The van der Waals surface area contributed by atoms with E-state index >= 15 is 0 Å². The zero-order chi connectivity index (χ0) is 24.6. The second-order valence-corrected chi connectivity index (χ2v) is 10.1. The van der Waals surface area contributed by atoms with Crippen molar-refractivity contribution >= 4 is 16.7 Å². The first-order valence-corrected chi connectivity index (χ1v) is 13.1. The number of aryl methyl sites for hydroxylation is 1. The molecule has 1 aromatic carbocycles. The van der Waals surface area contributed by atoms with Gasteiger partial charge in [-0.1, -0.05) is 12.5 Å². The van der Waals surface area contributed by atoms with E-state index in [4.69, 9.17) is 14.8 Å². The molecule has 4 heterocycles. The number of anilines is 1. The summed E-state index contributed by atoms with van der Waals surface area (Å²) in [6.07, 6.45) is 5.70. The van der Waals surface area contributed by atoms with E-state index in [0.717, 1.165) is 87.5 Å². The third kappa shape index (κ3) is 4.54. The average Bonchev–Trinajstić information content (AvgIpc) is 3.21. The highest BCUT2D eigenvalue weighted by molar-refractivity contribution is 5.94. The van der Waals surface area contributed by atoms with E-state index in [0.29, 0.717) is 17.6 Å². The minimum absolute atomic E-state index is 0.120. The summed E-state index contributed by atoms with van der Waals surface area (Å²) in [6, 6.07) is 9.54. The van der Waals surface area contributed by atoms with Crippen LogP contribution in [0.2, 0.25) is 0 Å². The number of nitrogens with zero attached hydrogens (tertiary/aromatic N) is 5. The molecule has 3 aliphatic rings. The fourth-order valence-corrected chi connectivity index (χ4v) is 5.85. The van der Waals surface area contributed by atoms with Crippen LogP contribution in [0.1, 0.15) is 49.4 Å². The van der Waals surface area contributed by atoms with Crippen LogP contribution in [0.15, 0.2) is 30.3 Å². The summed E-state index contributed by atoms with van der Waals surface area (Å²) in [7, 11) is 0. The fraction of sp³-hybridized carbons (Fsp3) is 0.556. The molecule has 0 unspecified atom stereocenters. The van der Waals surface area contributed by atoms with Gasteiger partial charge in [0.25, 0.3) is 0 Å². The summed E-state index contributed by atoms with van der Waals surface area (Å²) in [4.78, 5) is 9.99. The van der Waals surface area contributed by atoms with Crippen molar-refractivity contribution in [1.82, 2.24) is 19.7 Å². The Morgan fingerprint density at radius 3 is 2.50 bits per heavy atom. The molecule has 9 heteroatoms. The van der Waals surface area contributed by atoms with Crippen LogP contribution >= 0.6 is 0 Å². The van der Waals surface area contributed by atoms with E-state index in [1.54, 1.807) is 12.1 Å². The number of fused-ring (bicyclic) bond motifs is 1. The number of morpholine rings is 1. The summed E-state index contributed by atoms with van der Waals surface area (Å²) >= 11 is 0. The minimum Gasteiger partial charge on any atom is -0.435 e. The van der Waals surface area contributed by atoms with E-state index < -0.39 is 6.61 Å². The predicted octanol–water partition coefficient (Wildman–Crippen LogP) is 4.90. The average molecular weight is 498 g/mol.